The van der Waals surface area contributed by atoms with Crippen LogP contribution in [0.5, 0.6) is 0 Å². The second-order valence-electron chi connectivity index (χ2n) is 4.74. The molecule has 0 aromatic heterocycles. The van der Waals surface area contributed by atoms with Crippen molar-refractivity contribution in [3.8, 4) is 0 Å². The summed E-state index contributed by atoms with van der Waals surface area (Å²) in [6.07, 6.45) is 1.69. The molecular weight excluding hydrogens is 304 g/mol. The van der Waals surface area contributed by atoms with E-state index in [1.165, 1.54) is 6.92 Å². The molecule has 0 radical (unpaired) electrons. The van der Waals surface area contributed by atoms with Crippen LogP contribution in [0.2, 0.25) is 0 Å². The lowest BCUT2D eigenvalue weighted by Crippen LogP contribution is -2.16. The Morgan fingerprint density at radius 3 is 1.61 bits per heavy atom. The average Bonchev–Trinajstić information content (AvgIpc) is 2.48. The van der Waals surface area contributed by atoms with E-state index in [9.17, 15) is 4.79 Å². The largest absolute Gasteiger partial charge is 0.436 e. The maximum atomic E-state index is 10.4. The van der Waals surface area contributed by atoms with Crippen molar-refractivity contribution in [3.63, 3.8) is 0 Å². The van der Waals surface area contributed by atoms with Crippen molar-refractivity contribution in [1.29, 1.82) is 0 Å². The molecular formula is C16H38O7. The summed E-state index contributed by atoms with van der Waals surface area (Å²) < 4.78 is 9.89. The molecule has 0 bridgehead atoms. The van der Waals surface area contributed by atoms with Gasteiger partial charge in [0.25, 0.3) is 0 Å². The van der Waals surface area contributed by atoms with E-state index in [-0.39, 0.29) is 25.8 Å². The number of carbonyl (C=O) groups is 1. The highest BCUT2D eigenvalue weighted by molar-refractivity contribution is 5.65. The van der Waals surface area contributed by atoms with Gasteiger partial charge in [-0.2, -0.15) is 0 Å². The van der Waals surface area contributed by atoms with Crippen LogP contribution in [0.1, 0.15) is 54.4 Å². The van der Waals surface area contributed by atoms with E-state index >= 15 is 0 Å². The standard InChI is InChI=1S/C8H16O3.C4H10O.C2H6O2.C2H6O/c1-4-5-6-10-8(3)11-7(2)9;1-4(2)3-5;3-1-2-4;1-2-3/h8H,4-6H2,1-3H3;4-5H,3H2,1-2H3;3-4H,1-2H2;3H,2H2,1H3. The predicted octanol–water partition coefficient (Wildman–Crippen LogP) is 1.32. The van der Waals surface area contributed by atoms with Gasteiger partial charge in [-0.15, -0.1) is 0 Å². The molecule has 0 fully saturated rings. The monoisotopic (exact) mass is 342 g/mol. The van der Waals surface area contributed by atoms with Crippen LogP contribution in [0.3, 0.4) is 0 Å². The number of hydrogen-bond acceptors (Lipinski definition) is 7. The molecule has 7 nitrogen and oxygen atoms in total. The Labute approximate surface area is 141 Å². The van der Waals surface area contributed by atoms with Crippen LogP contribution in [-0.4, -0.2) is 65.7 Å². The lowest BCUT2D eigenvalue weighted by molar-refractivity contribution is -0.172. The Balaban J connectivity index is -0.000000125. The highest BCUT2D eigenvalue weighted by Crippen LogP contribution is 1.96. The van der Waals surface area contributed by atoms with Crippen LogP contribution in [0.4, 0.5) is 0 Å². The van der Waals surface area contributed by atoms with Gasteiger partial charge >= 0.3 is 5.97 Å². The molecule has 0 spiro atoms. The summed E-state index contributed by atoms with van der Waals surface area (Å²) >= 11 is 0. The van der Waals surface area contributed by atoms with Gasteiger partial charge in [0, 0.05) is 20.1 Å². The topological polar surface area (TPSA) is 116 Å². The van der Waals surface area contributed by atoms with Crippen LogP contribution in [-0.2, 0) is 14.3 Å². The lowest BCUT2D eigenvalue weighted by atomic mass is 10.2. The summed E-state index contributed by atoms with van der Waals surface area (Å²) in [6, 6.07) is 0. The Bertz CT molecular complexity index is 197. The molecule has 1 unspecified atom stereocenters. The van der Waals surface area contributed by atoms with Gasteiger partial charge in [-0.05, 0) is 26.2 Å². The number of aliphatic hydroxyl groups is 4. The first-order chi connectivity index (χ1) is 10.8. The van der Waals surface area contributed by atoms with Gasteiger partial charge in [-0.25, -0.2) is 0 Å². The molecule has 0 amide bonds. The van der Waals surface area contributed by atoms with Gasteiger partial charge in [0.05, 0.1) is 19.8 Å². The number of ether oxygens (including phenoxy) is 2. The maximum Gasteiger partial charge on any atom is 0.304 e. The fourth-order valence-corrected chi connectivity index (χ4v) is 0.661. The van der Waals surface area contributed by atoms with E-state index in [1.807, 2.05) is 13.8 Å². The van der Waals surface area contributed by atoms with Crippen LogP contribution in [0.25, 0.3) is 0 Å². The highest BCUT2D eigenvalue weighted by atomic mass is 16.7. The Kier molecular flexibility index (Phi) is 38.5. The van der Waals surface area contributed by atoms with Crippen molar-refractivity contribution in [2.24, 2.45) is 5.92 Å². The summed E-state index contributed by atoms with van der Waals surface area (Å²) in [7, 11) is 0. The molecule has 4 N–H and O–H groups in total. The van der Waals surface area contributed by atoms with E-state index in [0.29, 0.717) is 19.1 Å². The van der Waals surface area contributed by atoms with Gasteiger partial charge < -0.3 is 29.9 Å². The zero-order valence-corrected chi connectivity index (χ0v) is 15.6. The fourth-order valence-electron chi connectivity index (χ4n) is 0.661. The third kappa shape index (κ3) is 62.2. The summed E-state index contributed by atoms with van der Waals surface area (Å²) in [5, 5.41) is 31.0. The summed E-state index contributed by atoms with van der Waals surface area (Å²) in [5.74, 6) is 0.143. The first-order valence-corrected chi connectivity index (χ1v) is 7.99. The van der Waals surface area contributed by atoms with Crippen LogP contribution in [0, 0.1) is 5.92 Å². The molecule has 23 heavy (non-hydrogen) atoms. The highest BCUT2D eigenvalue weighted by Gasteiger charge is 2.03. The molecule has 1 atom stereocenters. The van der Waals surface area contributed by atoms with E-state index in [2.05, 4.69) is 6.92 Å². The van der Waals surface area contributed by atoms with Gasteiger partial charge in [-0.1, -0.05) is 27.2 Å². The van der Waals surface area contributed by atoms with Crippen LogP contribution < -0.4 is 0 Å². The number of unbranched alkanes of at least 4 members (excludes halogenated alkanes) is 1. The zero-order valence-electron chi connectivity index (χ0n) is 15.6. The summed E-state index contributed by atoms with van der Waals surface area (Å²) in [5.41, 5.74) is 0. The third-order valence-corrected chi connectivity index (χ3v) is 1.65. The molecule has 0 rings (SSSR count). The minimum absolute atomic E-state index is 0.125. The minimum atomic E-state index is -0.404. The number of esters is 1. The quantitative estimate of drug-likeness (QED) is 0.313. The number of carbonyl (C=O) groups excluding carboxylic acids is 1. The van der Waals surface area contributed by atoms with Crippen molar-refractivity contribution in [1.82, 2.24) is 0 Å². The second kappa shape index (κ2) is 29.3. The third-order valence-electron chi connectivity index (χ3n) is 1.65. The number of hydrogen-bond donors (Lipinski definition) is 4. The van der Waals surface area contributed by atoms with Crippen LogP contribution in [0.15, 0.2) is 0 Å². The maximum absolute atomic E-state index is 10.4. The lowest BCUT2D eigenvalue weighted by Gasteiger charge is -2.11. The molecule has 0 saturated carbocycles. The molecule has 0 aliphatic rings. The summed E-state index contributed by atoms with van der Waals surface area (Å²) in [6.45, 7) is 11.8. The Morgan fingerprint density at radius 2 is 1.39 bits per heavy atom. The molecule has 0 aromatic rings. The van der Waals surface area contributed by atoms with E-state index in [4.69, 9.17) is 29.9 Å². The Hall–Kier alpha value is -0.730. The smallest absolute Gasteiger partial charge is 0.304 e. The van der Waals surface area contributed by atoms with Gasteiger partial charge in [0.15, 0.2) is 6.29 Å². The number of aliphatic hydroxyl groups excluding tert-OH is 4. The predicted molar refractivity (Wildman–Crippen MR) is 90.9 cm³/mol. The van der Waals surface area contributed by atoms with Crippen molar-refractivity contribution < 1.29 is 34.7 Å². The average molecular weight is 342 g/mol. The minimum Gasteiger partial charge on any atom is -0.436 e. The molecule has 0 saturated heterocycles. The van der Waals surface area contributed by atoms with E-state index < -0.39 is 6.29 Å². The molecule has 0 heterocycles. The molecule has 0 aliphatic heterocycles. The van der Waals surface area contributed by atoms with Crippen molar-refractivity contribution in [2.75, 3.05) is 33.0 Å². The van der Waals surface area contributed by atoms with Gasteiger partial charge in [0.2, 0.25) is 0 Å². The van der Waals surface area contributed by atoms with Gasteiger partial charge in [-0.3, -0.25) is 4.79 Å². The SMILES string of the molecule is CC(C)CO.CCCCOC(C)OC(C)=O.CCO.OCCO. The van der Waals surface area contributed by atoms with Crippen LogP contribution >= 0.6 is 0 Å². The van der Waals surface area contributed by atoms with E-state index in [1.54, 1.807) is 13.8 Å². The normalized spacial score (nSPS) is 10.2. The molecule has 144 valence electrons. The van der Waals surface area contributed by atoms with E-state index in [0.717, 1.165) is 12.8 Å². The van der Waals surface area contributed by atoms with Gasteiger partial charge in [0.1, 0.15) is 0 Å². The van der Waals surface area contributed by atoms with Crippen molar-refractivity contribution >= 4 is 5.97 Å². The zero-order chi connectivity index (χ0) is 19.1. The number of rotatable bonds is 7. The molecule has 7 heteroatoms. The summed E-state index contributed by atoms with van der Waals surface area (Å²) in [4.78, 5) is 10.4. The Morgan fingerprint density at radius 1 is 1.00 bits per heavy atom. The first kappa shape index (κ1) is 30.2. The second-order valence-corrected chi connectivity index (χ2v) is 4.74. The molecule has 0 aliphatic carbocycles. The fraction of sp³-hybridized carbons (Fsp3) is 0.938. The van der Waals surface area contributed by atoms with Crippen molar-refractivity contribution in [3.05, 3.63) is 0 Å². The van der Waals surface area contributed by atoms with Crippen molar-refractivity contribution in [2.45, 2.75) is 60.7 Å². The molecule has 0 aromatic carbocycles. The first-order valence-electron chi connectivity index (χ1n) is 7.99.